The fourth-order valence-corrected chi connectivity index (χ4v) is 2.13. The molecule has 0 atom stereocenters. The molecule has 10 heteroatoms. The zero-order valence-electron chi connectivity index (χ0n) is 13.2. The molecule has 1 heterocycles. The SMILES string of the molecule is O=C(O)CN1CCN(CC(=O)O)CC(=O)NCC/C=C/NC(=O)C1. The molecule has 0 unspecified atom stereocenters. The fraction of sp³-hybridized carbons (Fsp3) is 0.571. The first-order valence-electron chi connectivity index (χ1n) is 7.46. The van der Waals surface area contributed by atoms with Crippen LogP contribution < -0.4 is 10.6 Å². The number of aliphatic carboxylic acids is 2. The molecule has 0 saturated carbocycles. The van der Waals surface area contributed by atoms with Gasteiger partial charge in [-0.1, -0.05) is 6.08 Å². The first-order chi connectivity index (χ1) is 11.4. The van der Waals surface area contributed by atoms with Crippen LogP contribution in [0.4, 0.5) is 0 Å². The van der Waals surface area contributed by atoms with Crippen molar-refractivity contribution in [1.29, 1.82) is 0 Å². The molecule has 0 radical (unpaired) electrons. The Kier molecular flexibility index (Phi) is 8.44. The van der Waals surface area contributed by atoms with E-state index in [4.69, 9.17) is 10.2 Å². The van der Waals surface area contributed by atoms with Gasteiger partial charge in [-0.3, -0.25) is 29.0 Å². The highest BCUT2D eigenvalue weighted by Gasteiger charge is 2.18. The minimum absolute atomic E-state index is 0.108. The molecule has 0 aromatic heterocycles. The van der Waals surface area contributed by atoms with E-state index in [0.717, 1.165) is 0 Å². The summed E-state index contributed by atoms with van der Waals surface area (Å²) in [5, 5.41) is 23.0. The smallest absolute Gasteiger partial charge is 0.317 e. The van der Waals surface area contributed by atoms with Gasteiger partial charge in [-0.2, -0.15) is 0 Å². The Hall–Kier alpha value is -2.46. The van der Waals surface area contributed by atoms with Crippen molar-refractivity contribution in [3.05, 3.63) is 12.3 Å². The standard InChI is InChI=1S/C14H22N4O6/c19-11-7-17(9-13(21)22)5-6-18(10-14(23)24)8-12(20)16-4-2-1-3-15-11/h1,3H,2,4-10H2,(H,15,19)(H,16,20)(H,21,22)(H,23,24)/b3-1+. The maximum atomic E-state index is 11.8. The second-order valence-electron chi connectivity index (χ2n) is 5.32. The number of carbonyl (C=O) groups is 4. The summed E-state index contributed by atoms with van der Waals surface area (Å²) in [5.41, 5.74) is 0. The average molecular weight is 342 g/mol. The van der Waals surface area contributed by atoms with Crippen LogP contribution in [0.15, 0.2) is 12.3 Å². The number of hydrogen-bond acceptors (Lipinski definition) is 6. The molecular formula is C14H22N4O6. The summed E-state index contributed by atoms with van der Waals surface area (Å²) in [4.78, 5) is 48.2. The molecule has 134 valence electrons. The van der Waals surface area contributed by atoms with Gasteiger partial charge in [0.25, 0.3) is 0 Å². The molecule has 0 bridgehead atoms. The van der Waals surface area contributed by atoms with Crippen molar-refractivity contribution >= 4 is 23.8 Å². The third-order valence-corrected chi connectivity index (χ3v) is 3.18. The number of carboxylic acids is 2. The lowest BCUT2D eigenvalue weighted by atomic mass is 10.3. The third kappa shape index (κ3) is 8.86. The quantitative estimate of drug-likeness (QED) is 0.456. The first-order valence-corrected chi connectivity index (χ1v) is 7.46. The monoisotopic (exact) mass is 342 g/mol. The lowest BCUT2D eigenvalue weighted by Gasteiger charge is -2.25. The lowest BCUT2D eigenvalue weighted by molar-refractivity contribution is -0.141. The van der Waals surface area contributed by atoms with Crippen LogP contribution in [0.5, 0.6) is 0 Å². The van der Waals surface area contributed by atoms with E-state index in [1.807, 2.05) is 0 Å². The van der Waals surface area contributed by atoms with Crippen LogP contribution in [-0.4, -0.2) is 89.6 Å². The molecule has 24 heavy (non-hydrogen) atoms. The average Bonchev–Trinajstić information content (AvgIpc) is 2.46. The lowest BCUT2D eigenvalue weighted by Crippen LogP contribution is -2.46. The molecule has 0 aliphatic carbocycles. The van der Waals surface area contributed by atoms with E-state index >= 15 is 0 Å². The van der Waals surface area contributed by atoms with Crippen LogP contribution in [0.1, 0.15) is 6.42 Å². The van der Waals surface area contributed by atoms with Gasteiger partial charge < -0.3 is 20.8 Å². The fourth-order valence-electron chi connectivity index (χ4n) is 2.13. The van der Waals surface area contributed by atoms with Crippen molar-refractivity contribution in [1.82, 2.24) is 20.4 Å². The van der Waals surface area contributed by atoms with Gasteiger partial charge in [-0.05, 0) is 12.6 Å². The molecule has 1 rings (SSSR count). The van der Waals surface area contributed by atoms with Crippen molar-refractivity contribution < 1.29 is 29.4 Å². The molecule has 10 nitrogen and oxygen atoms in total. The summed E-state index contributed by atoms with van der Waals surface area (Å²) in [6, 6.07) is 0. The van der Waals surface area contributed by atoms with Gasteiger partial charge in [0.1, 0.15) is 0 Å². The Morgan fingerprint density at radius 3 is 2.08 bits per heavy atom. The number of carbonyl (C=O) groups excluding carboxylic acids is 2. The summed E-state index contributed by atoms with van der Waals surface area (Å²) in [5.74, 6) is -2.86. The summed E-state index contributed by atoms with van der Waals surface area (Å²) in [6.45, 7) is -0.283. The first kappa shape index (κ1) is 19.6. The maximum Gasteiger partial charge on any atom is 0.317 e. The van der Waals surface area contributed by atoms with Crippen LogP contribution in [0.3, 0.4) is 0 Å². The molecule has 2 amide bonds. The number of amides is 2. The highest BCUT2D eigenvalue weighted by Crippen LogP contribution is 1.95. The molecule has 0 aromatic carbocycles. The van der Waals surface area contributed by atoms with Crippen LogP contribution in [0.25, 0.3) is 0 Å². The topological polar surface area (TPSA) is 139 Å². The van der Waals surface area contributed by atoms with Crippen LogP contribution in [0, 0.1) is 0 Å². The maximum absolute atomic E-state index is 11.8. The molecule has 0 aromatic rings. The predicted molar refractivity (Wildman–Crippen MR) is 83.1 cm³/mol. The number of carboxylic acid groups (broad SMARTS) is 2. The highest BCUT2D eigenvalue weighted by molar-refractivity contribution is 5.80. The van der Waals surface area contributed by atoms with Gasteiger partial charge in [0.2, 0.25) is 11.8 Å². The molecule has 4 N–H and O–H groups in total. The zero-order valence-corrected chi connectivity index (χ0v) is 13.2. The van der Waals surface area contributed by atoms with Gasteiger partial charge >= 0.3 is 11.9 Å². The summed E-state index contributed by atoms with van der Waals surface area (Å²) in [7, 11) is 0. The van der Waals surface area contributed by atoms with E-state index in [0.29, 0.717) is 13.0 Å². The molecular weight excluding hydrogens is 320 g/mol. The van der Waals surface area contributed by atoms with Gasteiger partial charge in [0.15, 0.2) is 0 Å². The Balaban J connectivity index is 2.80. The highest BCUT2D eigenvalue weighted by atomic mass is 16.4. The number of rotatable bonds is 4. The molecule has 0 saturated heterocycles. The van der Waals surface area contributed by atoms with E-state index in [1.165, 1.54) is 16.0 Å². The number of hydrogen-bond donors (Lipinski definition) is 4. The van der Waals surface area contributed by atoms with E-state index in [-0.39, 0.29) is 51.1 Å². The van der Waals surface area contributed by atoms with E-state index < -0.39 is 11.9 Å². The molecule has 0 spiro atoms. The van der Waals surface area contributed by atoms with Crippen molar-refractivity contribution in [3.63, 3.8) is 0 Å². The Labute approximate surface area is 139 Å². The minimum Gasteiger partial charge on any atom is -0.480 e. The predicted octanol–water partition coefficient (Wildman–Crippen LogP) is -2.09. The van der Waals surface area contributed by atoms with Crippen molar-refractivity contribution in [2.45, 2.75) is 6.42 Å². The number of nitrogens with one attached hydrogen (secondary N) is 2. The molecule has 1 aliphatic rings. The largest absolute Gasteiger partial charge is 0.480 e. The Bertz CT molecular complexity index is 507. The Morgan fingerprint density at radius 2 is 1.54 bits per heavy atom. The second-order valence-corrected chi connectivity index (χ2v) is 5.32. The van der Waals surface area contributed by atoms with Crippen LogP contribution >= 0.6 is 0 Å². The normalized spacial score (nSPS) is 20.5. The van der Waals surface area contributed by atoms with Gasteiger partial charge in [-0.25, -0.2) is 0 Å². The summed E-state index contributed by atoms with van der Waals surface area (Å²) in [6.07, 6.45) is 3.63. The summed E-state index contributed by atoms with van der Waals surface area (Å²) < 4.78 is 0. The zero-order chi connectivity index (χ0) is 17.9. The number of nitrogens with zero attached hydrogens (tertiary/aromatic N) is 2. The van der Waals surface area contributed by atoms with E-state index in [2.05, 4.69) is 10.6 Å². The molecule has 1 aliphatic heterocycles. The minimum atomic E-state index is -1.10. The van der Waals surface area contributed by atoms with Crippen molar-refractivity contribution in [2.24, 2.45) is 0 Å². The van der Waals surface area contributed by atoms with Crippen molar-refractivity contribution in [3.8, 4) is 0 Å². The third-order valence-electron chi connectivity index (χ3n) is 3.18. The van der Waals surface area contributed by atoms with Crippen molar-refractivity contribution in [2.75, 3.05) is 45.8 Å². The van der Waals surface area contributed by atoms with Gasteiger partial charge in [0, 0.05) is 19.6 Å². The van der Waals surface area contributed by atoms with E-state index in [9.17, 15) is 19.2 Å². The second kappa shape index (κ2) is 10.3. The van der Waals surface area contributed by atoms with Crippen LogP contribution in [0.2, 0.25) is 0 Å². The summed E-state index contributed by atoms with van der Waals surface area (Å²) >= 11 is 0. The Morgan fingerprint density at radius 1 is 1.00 bits per heavy atom. The van der Waals surface area contributed by atoms with E-state index in [1.54, 1.807) is 6.08 Å². The van der Waals surface area contributed by atoms with Gasteiger partial charge in [0.05, 0.1) is 26.2 Å². The molecule has 0 fully saturated rings. The van der Waals surface area contributed by atoms with Gasteiger partial charge in [-0.15, -0.1) is 0 Å². The van der Waals surface area contributed by atoms with Crippen LogP contribution in [-0.2, 0) is 19.2 Å².